The molecule has 1 aromatic heterocycles. The lowest BCUT2D eigenvalue weighted by Gasteiger charge is -1.98. The second-order valence-electron chi connectivity index (χ2n) is 2.29. The number of rotatable bonds is 3. The highest BCUT2D eigenvalue weighted by atomic mass is 16.5. The lowest BCUT2D eigenvalue weighted by molar-refractivity contribution is 0.177. The van der Waals surface area contributed by atoms with Crippen molar-refractivity contribution in [2.24, 2.45) is 0 Å². The van der Waals surface area contributed by atoms with E-state index in [1.165, 1.54) is 0 Å². The number of ether oxygens (including phenoxy) is 1. The van der Waals surface area contributed by atoms with Crippen LogP contribution in [0.4, 0.5) is 0 Å². The highest BCUT2D eigenvalue weighted by molar-refractivity contribution is 5.04. The van der Waals surface area contributed by atoms with Crippen molar-refractivity contribution in [3.8, 4) is 0 Å². The van der Waals surface area contributed by atoms with E-state index < -0.39 is 0 Å². The topological polar surface area (TPSA) is 35.0 Å². The van der Waals surface area contributed by atoms with Gasteiger partial charge in [0.1, 0.15) is 6.61 Å². The number of aryl methyl sites for hydroxylation is 1. The predicted molar refractivity (Wildman–Crippen MR) is 42.1 cm³/mol. The van der Waals surface area contributed by atoms with Crippen molar-refractivity contribution in [2.45, 2.75) is 20.0 Å². The summed E-state index contributed by atoms with van der Waals surface area (Å²) in [6.07, 6.45) is 4.65. The minimum Gasteiger partial charge on any atom is -0.377 e. The highest BCUT2D eigenvalue weighted by Gasteiger charge is 1.93. The summed E-state index contributed by atoms with van der Waals surface area (Å²) in [6.45, 7) is 2.57. The van der Waals surface area contributed by atoms with E-state index in [4.69, 9.17) is 4.74 Å². The van der Waals surface area contributed by atoms with Crippen LogP contribution in [0.5, 0.6) is 0 Å². The van der Waals surface area contributed by atoms with Crippen molar-refractivity contribution in [1.29, 1.82) is 0 Å². The van der Waals surface area contributed by atoms with Crippen LogP contribution < -0.4 is 0 Å². The van der Waals surface area contributed by atoms with Gasteiger partial charge in [0.15, 0.2) is 5.82 Å². The quantitative estimate of drug-likeness (QED) is 0.652. The van der Waals surface area contributed by atoms with Crippen LogP contribution in [0.25, 0.3) is 0 Å². The van der Waals surface area contributed by atoms with Crippen LogP contribution >= 0.6 is 0 Å². The Balaban J connectivity index is 2.66. The zero-order valence-electron chi connectivity index (χ0n) is 6.87. The van der Waals surface area contributed by atoms with Crippen molar-refractivity contribution in [2.75, 3.05) is 7.11 Å². The van der Waals surface area contributed by atoms with E-state index in [0.29, 0.717) is 6.61 Å². The van der Waals surface area contributed by atoms with Crippen molar-refractivity contribution < 1.29 is 4.74 Å². The molecule has 0 atom stereocenters. The summed E-state index contributed by atoms with van der Waals surface area (Å²) >= 11 is 0. The van der Waals surface area contributed by atoms with E-state index in [1.807, 2.05) is 12.4 Å². The minimum atomic E-state index is 0.490. The van der Waals surface area contributed by atoms with Crippen LogP contribution in [0.3, 0.4) is 0 Å². The zero-order chi connectivity index (χ0) is 8.10. The fraction of sp³-hybridized carbons (Fsp3) is 0.500. The normalized spacial score (nSPS) is 10.0. The zero-order valence-corrected chi connectivity index (χ0v) is 6.87. The Hall–Kier alpha value is -0.960. The smallest absolute Gasteiger partial charge is 0.153 e. The Kier molecular flexibility index (Phi) is 2.98. The summed E-state index contributed by atoms with van der Waals surface area (Å²) in [5.74, 6) is 0.740. The first-order valence-corrected chi connectivity index (χ1v) is 3.65. The summed E-state index contributed by atoms with van der Waals surface area (Å²) in [7, 11) is 1.64. The molecule has 0 aromatic carbocycles. The molecule has 0 bridgehead atoms. The Morgan fingerprint density at radius 3 is 2.45 bits per heavy atom. The molecule has 1 aromatic rings. The standard InChI is InChI=1S/C8H12N2O/c1-3-7-4-9-8(6-11-2)10-5-7/h4-5H,3,6H2,1-2H3. The Morgan fingerprint density at radius 2 is 2.00 bits per heavy atom. The number of hydrogen-bond acceptors (Lipinski definition) is 3. The molecular weight excluding hydrogens is 140 g/mol. The Morgan fingerprint density at radius 1 is 1.36 bits per heavy atom. The first kappa shape index (κ1) is 8.14. The number of methoxy groups -OCH3 is 1. The SMILES string of the molecule is CCc1cnc(COC)nc1. The summed E-state index contributed by atoms with van der Waals surface area (Å²) in [5.41, 5.74) is 1.16. The van der Waals surface area contributed by atoms with Crippen LogP contribution in [0.1, 0.15) is 18.3 Å². The first-order valence-electron chi connectivity index (χ1n) is 3.65. The molecule has 0 saturated heterocycles. The minimum absolute atomic E-state index is 0.490. The van der Waals surface area contributed by atoms with Crippen molar-refractivity contribution in [3.63, 3.8) is 0 Å². The fourth-order valence-electron chi connectivity index (χ4n) is 0.768. The third-order valence-electron chi connectivity index (χ3n) is 1.44. The van der Waals surface area contributed by atoms with Gasteiger partial charge < -0.3 is 4.74 Å². The summed E-state index contributed by atoms with van der Waals surface area (Å²) in [4.78, 5) is 8.21. The van der Waals surface area contributed by atoms with Crippen LogP contribution in [-0.4, -0.2) is 17.1 Å². The molecule has 3 heteroatoms. The van der Waals surface area contributed by atoms with Gasteiger partial charge in [-0.15, -0.1) is 0 Å². The molecule has 0 spiro atoms. The monoisotopic (exact) mass is 152 g/mol. The predicted octanol–water partition coefficient (Wildman–Crippen LogP) is 1.19. The van der Waals surface area contributed by atoms with Crippen LogP contribution in [-0.2, 0) is 17.8 Å². The van der Waals surface area contributed by atoms with Gasteiger partial charge in [-0.1, -0.05) is 6.92 Å². The molecule has 0 unspecified atom stereocenters. The molecule has 3 nitrogen and oxygen atoms in total. The van der Waals surface area contributed by atoms with Gasteiger partial charge in [-0.25, -0.2) is 9.97 Å². The van der Waals surface area contributed by atoms with Gasteiger partial charge in [0.25, 0.3) is 0 Å². The van der Waals surface area contributed by atoms with Crippen molar-refractivity contribution in [1.82, 2.24) is 9.97 Å². The van der Waals surface area contributed by atoms with E-state index in [-0.39, 0.29) is 0 Å². The summed E-state index contributed by atoms with van der Waals surface area (Å²) in [6, 6.07) is 0. The molecule has 0 aliphatic carbocycles. The van der Waals surface area contributed by atoms with Crippen LogP contribution in [0, 0.1) is 0 Å². The van der Waals surface area contributed by atoms with Gasteiger partial charge in [0.2, 0.25) is 0 Å². The Labute approximate surface area is 66.4 Å². The molecule has 0 radical (unpaired) electrons. The number of hydrogen-bond donors (Lipinski definition) is 0. The van der Waals surface area contributed by atoms with E-state index in [2.05, 4.69) is 16.9 Å². The lowest BCUT2D eigenvalue weighted by atomic mass is 10.3. The van der Waals surface area contributed by atoms with Crippen LogP contribution in [0.15, 0.2) is 12.4 Å². The molecule has 60 valence electrons. The molecule has 0 N–H and O–H groups in total. The maximum absolute atomic E-state index is 4.88. The summed E-state index contributed by atoms with van der Waals surface area (Å²) in [5, 5.41) is 0. The molecule has 0 aliphatic rings. The average Bonchev–Trinajstić information content (AvgIpc) is 2.07. The fourth-order valence-corrected chi connectivity index (χ4v) is 0.768. The van der Waals surface area contributed by atoms with Crippen LogP contribution in [0.2, 0.25) is 0 Å². The second kappa shape index (κ2) is 4.03. The third kappa shape index (κ3) is 2.27. The van der Waals surface area contributed by atoms with Gasteiger partial charge in [0.05, 0.1) is 0 Å². The number of aromatic nitrogens is 2. The molecule has 11 heavy (non-hydrogen) atoms. The number of nitrogens with zero attached hydrogens (tertiary/aromatic N) is 2. The molecule has 0 amide bonds. The van der Waals surface area contributed by atoms with E-state index in [0.717, 1.165) is 17.8 Å². The Bertz CT molecular complexity index is 208. The molecule has 0 aliphatic heterocycles. The highest BCUT2D eigenvalue weighted by Crippen LogP contribution is 1.96. The van der Waals surface area contributed by atoms with E-state index >= 15 is 0 Å². The largest absolute Gasteiger partial charge is 0.377 e. The lowest BCUT2D eigenvalue weighted by Crippen LogP contribution is -1.96. The second-order valence-corrected chi connectivity index (χ2v) is 2.29. The molecule has 0 fully saturated rings. The molecule has 1 heterocycles. The maximum atomic E-state index is 4.88. The van der Waals surface area contributed by atoms with Gasteiger partial charge in [-0.05, 0) is 12.0 Å². The summed E-state index contributed by atoms with van der Waals surface area (Å²) < 4.78 is 4.88. The van der Waals surface area contributed by atoms with Crippen molar-refractivity contribution >= 4 is 0 Å². The molecular formula is C8H12N2O. The third-order valence-corrected chi connectivity index (χ3v) is 1.44. The molecule has 0 saturated carbocycles. The van der Waals surface area contributed by atoms with Gasteiger partial charge in [-0.2, -0.15) is 0 Å². The van der Waals surface area contributed by atoms with E-state index in [9.17, 15) is 0 Å². The van der Waals surface area contributed by atoms with Crippen molar-refractivity contribution in [3.05, 3.63) is 23.8 Å². The van der Waals surface area contributed by atoms with Gasteiger partial charge in [0, 0.05) is 19.5 Å². The van der Waals surface area contributed by atoms with Gasteiger partial charge in [-0.3, -0.25) is 0 Å². The first-order chi connectivity index (χ1) is 5.36. The average molecular weight is 152 g/mol. The van der Waals surface area contributed by atoms with E-state index in [1.54, 1.807) is 7.11 Å². The molecule has 1 rings (SSSR count). The van der Waals surface area contributed by atoms with Gasteiger partial charge >= 0.3 is 0 Å². The maximum Gasteiger partial charge on any atom is 0.153 e.